The molecule has 1 aromatic rings. The monoisotopic (exact) mass is 377 g/mol. The normalized spacial score (nSPS) is 19.4. The summed E-state index contributed by atoms with van der Waals surface area (Å²) in [7, 11) is 1.12. The van der Waals surface area contributed by atoms with Crippen molar-refractivity contribution in [3.8, 4) is 0 Å². The largest absolute Gasteiger partial charge is 0.467 e. The minimum atomic E-state index is -2.04. The number of esters is 1. The first kappa shape index (κ1) is 20.2. The van der Waals surface area contributed by atoms with Crippen molar-refractivity contribution in [3.05, 3.63) is 29.8 Å². The van der Waals surface area contributed by atoms with E-state index >= 15 is 0 Å². The summed E-state index contributed by atoms with van der Waals surface area (Å²) in [6.45, 7) is 6.46. The third-order valence-electron chi connectivity index (χ3n) is 3.85. The van der Waals surface area contributed by atoms with Crippen LogP contribution in [0, 0.1) is 0 Å². The van der Waals surface area contributed by atoms with Gasteiger partial charge in [-0.3, -0.25) is 9.59 Å². The van der Waals surface area contributed by atoms with Crippen molar-refractivity contribution in [2.45, 2.75) is 44.9 Å². The Morgan fingerprint density at radius 2 is 1.81 bits per heavy atom. The number of alkyl carbamates (subject to hydrolysis) is 1. The average molecular weight is 377 g/mol. The zero-order valence-corrected chi connectivity index (χ0v) is 15.8. The van der Waals surface area contributed by atoms with Crippen LogP contribution in [0.1, 0.15) is 33.3 Å². The van der Waals surface area contributed by atoms with Gasteiger partial charge in [-0.2, -0.15) is 0 Å². The minimum absolute atomic E-state index is 0.264. The summed E-state index contributed by atoms with van der Waals surface area (Å²) < 4.78 is 9.86. The first-order chi connectivity index (χ1) is 12.5. The number of amides is 3. The molecule has 0 aliphatic carbocycles. The lowest BCUT2D eigenvalue weighted by Gasteiger charge is -2.28. The highest BCUT2D eigenvalue weighted by molar-refractivity contribution is 6.20. The van der Waals surface area contributed by atoms with Gasteiger partial charge in [-0.05, 0) is 33.8 Å². The predicted molar refractivity (Wildman–Crippen MR) is 95.7 cm³/mol. The van der Waals surface area contributed by atoms with E-state index < -0.39 is 41.1 Å². The Morgan fingerprint density at radius 3 is 2.41 bits per heavy atom. The Morgan fingerprint density at radius 1 is 1.19 bits per heavy atom. The zero-order chi connectivity index (χ0) is 20.4. The molecule has 0 aromatic heterocycles. The van der Waals surface area contributed by atoms with E-state index in [4.69, 9.17) is 9.47 Å². The van der Waals surface area contributed by atoms with E-state index in [1.807, 2.05) is 0 Å². The molecule has 1 aliphatic rings. The molecule has 1 heterocycles. The Kier molecular flexibility index (Phi) is 5.43. The smallest absolute Gasteiger partial charge is 0.408 e. The van der Waals surface area contributed by atoms with Gasteiger partial charge in [0.25, 0.3) is 5.91 Å². The lowest BCUT2D eigenvalue weighted by atomic mass is 9.90. The summed E-state index contributed by atoms with van der Waals surface area (Å²) in [5.41, 5.74) is -2.12. The summed E-state index contributed by atoms with van der Waals surface area (Å²) in [5, 5.41) is 7.34. The third-order valence-corrected chi connectivity index (χ3v) is 3.85. The quantitative estimate of drug-likeness (QED) is 0.532. The maximum Gasteiger partial charge on any atom is 0.408 e. The summed E-state index contributed by atoms with van der Waals surface area (Å²) in [5.74, 6) is -2.44. The number of para-hydroxylation sites is 1. The van der Waals surface area contributed by atoms with Crippen LogP contribution in [0.15, 0.2) is 24.3 Å². The Labute approximate surface area is 156 Å². The molecule has 0 spiro atoms. The fourth-order valence-electron chi connectivity index (χ4n) is 2.63. The lowest BCUT2D eigenvalue weighted by Crippen LogP contribution is -2.60. The van der Waals surface area contributed by atoms with E-state index in [-0.39, 0.29) is 5.56 Å². The molecule has 0 saturated carbocycles. The molecule has 146 valence electrons. The molecule has 2 atom stereocenters. The molecule has 1 aromatic carbocycles. The van der Waals surface area contributed by atoms with E-state index in [2.05, 4.69) is 16.0 Å². The van der Waals surface area contributed by atoms with Crippen LogP contribution in [0.2, 0.25) is 0 Å². The minimum Gasteiger partial charge on any atom is -0.467 e. The van der Waals surface area contributed by atoms with Crippen molar-refractivity contribution in [2.75, 3.05) is 12.4 Å². The van der Waals surface area contributed by atoms with Crippen LogP contribution in [0.5, 0.6) is 0 Å². The molecule has 0 unspecified atom stereocenters. The Bertz CT molecular complexity index is 776. The van der Waals surface area contributed by atoms with Crippen LogP contribution in [-0.2, 0) is 29.4 Å². The zero-order valence-electron chi connectivity index (χ0n) is 15.8. The first-order valence-electron chi connectivity index (χ1n) is 8.32. The van der Waals surface area contributed by atoms with Crippen molar-refractivity contribution >= 4 is 29.6 Å². The van der Waals surface area contributed by atoms with Gasteiger partial charge >= 0.3 is 12.1 Å². The maximum atomic E-state index is 12.6. The number of ether oxygens (including phenoxy) is 2. The Balaban J connectivity index is 2.25. The van der Waals surface area contributed by atoms with Gasteiger partial charge < -0.3 is 25.4 Å². The summed E-state index contributed by atoms with van der Waals surface area (Å²) in [6.07, 6.45) is -0.798. The molecule has 3 amide bonds. The number of carbonyl (C=O) groups excluding carboxylic acids is 4. The first-order valence-corrected chi connectivity index (χ1v) is 8.32. The molecule has 0 bridgehead atoms. The second-order valence-corrected chi connectivity index (χ2v) is 7.10. The van der Waals surface area contributed by atoms with E-state index in [1.54, 1.807) is 39.0 Å². The van der Waals surface area contributed by atoms with Crippen LogP contribution in [0.4, 0.5) is 10.5 Å². The van der Waals surface area contributed by atoms with Gasteiger partial charge in [0.05, 0.1) is 7.11 Å². The number of rotatable bonds is 4. The van der Waals surface area contributed by atoms with Gasteiger partial charge in [-0.15, -0.1) is 0 Å². The van der Waals surface area contributed by atoms with Crippen LogP contribution < -0.4 is 16.0 Å². The number of hydrogen-bond acceptors (Lipinski definition) is 6. The molecule has 9 nitrogen and oxygen atoms in total. The van der Waals surface area contributed by atoms with Crippen LogP contribution in [-0.4, -0.2) is 42.6 Å². The third kappa shape index (κ3) is 4.02. The lowest BCUT2D eigenvalue weighted by molar-refractivity contribution is -0.155. The molecular weight excluding hydrogens is 354 g/mol. The number of nitrogens with one attached hydrogen (secondary N) is 3. The second kappa shape index (κ2) is 7.26. The van der Waals surface area contributed by atoms with Crippen molar-refractivity contribution in [3.63, 3.8) is 0 Å². The highest BCUT2D eigenvalue weighted by atomic mass is 16.6. The van der Waals surface area contributed by atoms with Crippen LogP contribution in [0.3, 0.4) is 0 Å². The Hall–Kier alpha value is -3.10. The number of carbonyl (C=O) groups is 4. The number of benzene rings is 1. The van der Waals surface area contributed by atoms with Gasteiger partial charge in [-0.25, -0.2) is 9.59 Å². The van der Waals surface area contributed by atoms with E-state index in [0.29, 0.717) is 5.69 Å². The second-order valence-electron chi connectivity index (χ2n) is 7.10. The number of hydrogen-bond donors (Lipinski definition) is 3. The SMILES string of the molecule is COC(=O)[C@@]1(NC(=O)[C@@H](C)NC(=O)OC(C)(C)C)C(=O)Nc2ccccc21. The molecule has 9 heteroatoms. The van der Waals surface area contributed by atoms with Gasteiger partial charge in [0, 0.05) is 11.3 Å². The summed E-state index contributed by atoms with van der Waals surface area (Å²) in [4.78, 5) is 49.5. The molecular formula is C18H23N3O6. The van der Waals surface area contributed by atoms with E-state index in [9.17, 15) is 19.2 Å². The molecule has 2 rings (SSSR count). The molecule has 0 saturated heterocycles. The molecule has 0 radical (unpaired) electrons. The van der Waals surface area contributed by atoms with Gasteiger partial charge in [0.15, 0.2) is 0 Å². The average Bonchev–Trinajstić information content (AvgIpc) is 2.85. The standard InChI is InChI=1S/C18H23N3O6/c1-10(19-16(25)27-17(2,3)4)13(22)21-18(15(24)26-5)11-8-6-7-9-12(11)20-14(18)23/h6-10H,1-5H3,(H,19,25)(H,20,23)(H,21,22)/t10-,18+/m1/s1. The van der Waals surface area contributed by atoms with Crippen molar-refractivity contribution in [2.24, 2.45) is 0 Å². The molecule has 3 N–H and O–H groups in total. The van der Waals surface area contributed by atoms with Gasteiger partial charge in [-0.1, -0.05) is 18.2 Å². The van der Waals surface area contributed by atoms with Gasteiger partial charge in [0.1, 0.15) is 11.6 Å². The predicted octanol–water partition coefficient (Wildman–Crippen LogP) is 1.04. The van der Waals surface area contributed by atoms with E-state index in [1.165, 1.54) is 13.0 Å². The molecule has 1 aliphatic heterocycles. The fraction of sp³-hybridized carbons (Fsp3) is 0.444. The topological polar surface area (TPSA) is 123 Å². The summed E-state index contributed by atoms with van der Waals surface area (Å²) >= 11 is 0. The molecule has 0 fully saturated rings. The maximum absolute atomic E-state index is 12.6. The summed E-state index contributed by atoms with van der Waals surface area (Å²) in [6, 6.07) is 5.39. The number of anilines is 1. The van der Waals surface area contributed by atoms with E-state index in [0.717, 1.165) is 7.11 Å². The molecule has 27 heavy (non-hydrogen) atoms. The number of methoxy groups -OCH3 is 1. The fourth-order valence-corrected chi connectivity index (χ4v) is 2.63. The number of fused-ring (bicyclic) bond motifs is 1. The van der Waals surface area contributed by atoms with Crippen molar-refractivity contribution in [1.29, 1.82) is 0 Å². The van der Waals surface area contributed by atoms with Crippen LogP contribution >= 0.6 is 0 Å². The van der Waals surface area contributed by atoms with Crippen molar-refractivity contribution in [1.82, 2.24) is 10.6 Å². The van der Waals surface area contributed by atoms with Crippen LogP contribution in [0.25, 0.3) is 0 Å². The van der Waals surface area contributed by atoms with Gasteiger partial charge in [0.2, 0.25) is 11.4 Å². The highest BCUT2D eigenvalue weighted by Crippen LogP contribution is 2.36. The highest BCUT2D eigenvalue weighted by Gasteiger charge is 2.55. The van der Waals surface area contributed by atoms with Crippen molar-refractivity contribution < 1.29 is 28.7 Å².